The van der Waals surface area contributed by atoms with E-state index >= 15 is 0 Å². The van der Waals surface area contributed by atoms with E-state index in [1.54, 1.807) is 6.07 Å². The van der Waals surface area contributed by atoms with Crippen molar-refractivity contribution in [3.05, 3.63) is 53.6 Å². The average molecular weight is 462 g/mol. The number of ether oxygens (including phenoxy) is 1. The first kappa shape index (κ1) is 22.9. The zero-order valence-corrected chi connectivity index (χ0v) is 16.7. The van der Waals surface area contributed by atoms with Crippen LogP contribution in [-0.2, 0) is 17.8 Å². The molecule has 1 atom stereocenters. The highest BCUT2D eigenvalue weighted by Crippen LogP contribution is 2.32. The minimum absolute atomic E-state index is 0.0675. The molecule has 1 aliphatic heterocycles. The van der Waals surface area contributed by atoms with Gasteiger partial charge < -0.3 is 9.64 Å². The highest BCUT2D eigenvalue weighted by atomic mass is 32.2. The summed E-state index contributed by atoms with van der Waals surface area (Å²) < 4.78 is 77.3. The number of pyridine rings is 1. The van der Waals surface area contributed by atoms with Crippen molar-refractivity contribution in [1.29, 1.82) is 0 Å². The fourth-order valence-corrected chi connectivity index (χ4v) is 3.46. The molecule has 1 aliphatic rings. The standard InChI is InChI=1S/C18H18F4N4O4S/c19-14-10-23-4-3-13(14)11-25-5-7-26(8-6-25)17(27)12-1-2-15(24-31(28)29)16(9-12)30-18(20,21)22/h1-4,9-10,24H,5-8,11H2,(H,28,29). The maximum atomic E-state index is 13.8. The second kappa shape index (κ2) is 9.58. The third kappa shape index (κ3) is 6.35. The highest BCUT2D eigenvalue weighted by Gasteiger charge is 2.33. The van der Waals surface area contributed by atoms with Gasteiger partial charge in [-0.3, -0.25) is 24.0 Å². The predicted molar refractivity (Wildman–Crippen MR) is 103 cm³/mol. The molecule has 1 aromatic carbocycles. The molecule has 8 nitrogen and oxygen atoms in total. The van der Waals surface area contributed by atoms with E-state index < -0.39 is 35.1 Å². The Morgan fingerprint density at radius 3 is 2.55 bits per heavy atom. The van der Waals surface area contributed by atoms with Crippen molar-refractivity contribution in [3.8, 4) is 5.75 Å². The van der Waals surface area contributed by atoms with Crippen molar-refractivity contribution in [3.63, 3.8) is 0 Å². The summed E-state index contributed by atoms with van der Waals surface area (Å²) in [6.07, 6.45) is -2.44. The Labute approximate surface area is 177 Å². The molecular formula is C18H18F4N4O4S. The molecule has 0 aliphatic carbocycles. The van der Waals surface area contributed by atoms with Gasteiger partial charge in [0, 0.05) is 50.0 Å². The fraction of sp³-hybridized carbons (Fsp3) is 0.333. The van der Waals surface area contributed by atoms with Crippen LogP contribution in [0.5, 0.6) is 5.75 Å². The van der Waals surface area contributed by atoms with Crippen LogP contribution in [0, 0.1) is 5.82 Å². The maximum absolute atomic E-state index is 13.8. The molecule has 1 amide bonds. The molecule has 13 heteroatoms. The second-order valence-electron chi connectivity index (χ2n) is 6.65. The summed E-state index contributed by atoms with van der Waals surface area (Å²) in [4.78, 5) is 19.8. The SMILES string of the molecule is O=C(c1ccc(NS(=O)O)c(OC(F)(F)F)c1)N1CCN(Cc2ccncc2F)CC1. The van der Waals surface area contributed by atoms with Crippen LogP contribution in [0.4, 0.5) is 23.2 Å². The van der Waals surface area contributed by atoms with Crippen LogP contribution in [0.25, 0.3) is 0 Å². The molecule has 1 aromatic heterocycles. The van der Waals surface area contributed by atoms with E-state index in [9.17, 15) is 26.6 Å². The number of hydrogen-bond acceptors (Lipinski definition) is 5. The van der Waals surface area contributed by atoms with Gasteiger partial charge >= 0.3 is 6.36 Å². The smallest absolute Gasteiger partial charge is 0.404 e. The average Bonchev–Trinajstić information content (AvgIpc) is 2.70. The quantitative estimate of drug-likeness (QED) is 0.506. The second-order valence-corrected chi connectivity index (χ2v) is 7.35. The number of amides is 1. The molecule has 31 heavy (non-hydrogen) atoms. The Hall–Kier alpha value is -2.77. The molecular weight excluding hydrogens is 444 g/mol. The number of hydrogen-bond donors (Lipinski definition) is 2. The molecule has 2 heterocycles. The summed E-state index contributed by atoms with van der Waals surface area (Å²) in [6, 6.07) is 4.73. The molecule has 0 radical (unpaired) electrons. The van der Waals surface area contributed by atoms with Crippen LogP contribution >= 0.6 is 0 Å². The number of piperazine rings is 1. The minimum Gasteiger partial charge on any atom is -0.404 e. The number of halogens is 4. The molecule has 2 N–H and O–H groups in total. The van der Waals surface area contributed by atoms with Crippen molar-refractivity contribution < 1.29 is 35.9 Å². The lowest BCUT2D eigenvalue weighted by molar-refractivity contribution is -0.274. The van der Waals surface area contributed by atoms with Gasteiger partial charge in [-0.15, -0.1) is 13.2 Å². The minimum atomic E-state index is -5.05. The summed E-state index contributed by atoms with van der Waals surface area (Å²) >= 11 is -2.63. The van der Waals surface area contributed by atoms with Crippen LogP contribution in [-0.4, -0.2) is 62.0 Å². The first-order chi connectivity index (χ1) is 14.6. The number of benzene rings is 1. The first-order valence-corrected chi connectivity index (χ1v) is 10.1. The number of alkyl halides is 3. The van der Waals surface area contributed by atoms with Crippen LogP contribution in [0.15, 0.2) is 36.7 Å². The monoisotopic (exact) mass is 462 g/mol. The number of nitrogens with one attached hydrogen (secondary N) is 1. The molecule has 0 spiro atoms. The molecule has 1 fully saturated rings. The predicted octanol–water partition coefficient (Wildman–Crippen LogP) is 2.63. The summed E-state index contributed by atoms with van der Waals surface area (Å²) in [5.74, 6) is -1.73. The third-order valence-corrected chi connectivity index (χ3v) is 4.96. The van der Waals surface area contributed by atoms with Crippen molar-refractivity contribution >= 4 is 22.9 Å². The van der Waals surface area contributed by atoms with Crippen molar-refractivity contribution in [2.45, 2.75) is 12.9 Å². The number of aromatic nitrogens is 1. The lowest BCUT2D eigenvalue weighted by atomic mass is 10.1. The summed E-state index contributed by atoms with van der Waals surface area (Å²) in [5, 5.41) is 0. The Bertz CT molecular complexity index is 968. The molecule has 168 valence electrons. The molecule has 2 aromatic rings. The Morgan fingerprint density at radius 2 is 1.94 bits per heavy atom. The van der Waals surface area contributed by atoms with Gasteiger partial charge in [0.25, 0.3) is 17.2 Å². The Kier molecular flexibility index (Phi) is 7.08. The third-order valence-electron chi connectivity index (χ3n) is 4.56. The van der Waals surface area contributed by atoms with E-state index in [1.165, 1.54) is 17.2 Å². The van der Waals surface area contributed by atoms with Crippen molar-refractivity contribution in [2.75, 3.05) is 30.9 Å². The largest absolute Gasteiger partial charge is 0.573 e. The van der Waals surface area contributed by atoms with E-state index in [4.69, 9.17) is 4.55 Å². The van der Waals surface area contributed by atoms with Gasteiger partial charge in [0.15, 0.2) is 5.75 Å². The summed E-state index contributed by atoms with van der Waals surface area (Å²) in [5.41, 5.74) is 0.0223. The van der Waals surface area contributed by atoms with Gasteiger partial charge in [0.1, 0.15) is 5.82 Å². The first-order valence-electron chi connectivity index (χ1n) is 9.00. The molecule has 0 bridgehead atoms. The summed E-state index contributed by atoms with van der Waals surface area (Å²) in [7, 11) is 0. The normalized spacial score (nSPS) is 16.1. The van der Waals surface area contributed by atoms with Gasteiger partial charge in [-0.05, 0) is 24.3 Å². The zero-order valence-electron chi connectivity index (χ0n) is 15.9. The molecule has 1 unspecified atom stereocenters. The van der Waals surface area contributed by atoms with E-state index in [2.05, 4.69) is 9.72 Å². The van der Waals surface area contributed by atoms with Gasteiger partial charge in [0.05, 0.1) is 11.9 Å². The highest BCUT2D eigenvalue weighted by molar-refractivity contribution is 7.80. The summed E-state index contributed by atoms with van der Waals surface area (Å²) in [6.45, 7) is 1.83. The van der Waals surface area contributed by atoms with E-state index in [1.807, 2.05) is 9.62 Å². The van der Waals surface area contributed by atoms with Crippen LogP contribution in [0.2, 0.25) is 0 Å². The lowest BCUT2D eigenvalue weighted by Crippen LogP contribution is -2.48. The molecule has 0 saturated carbocycles. The lowest BCUT2D eigenvalue weighted by Gasteiger charge is -2.35. The van der Waals surface area contributed by atoms with Crippen LogP contribution in [0.1, 0.15) is 15.9 Å². The van der Waals surface area contributed by atoms with Crippen molar-refractivity contribution in [1.82, 2.24) is 14.8 Å². The van der Waals surface area contributed by atoms with E-state index in [0.717, 1.165) is 18.3 Å². The molecule has 1 saturated heterocycles. The van der Waals surface area contributed by atoms with Gasteiger partial charge in [-0.2, -0.15) is 0 Å². The van der Waals surface area contributed by atoms with Gasteiger partial charge in [-0.25, -0.2) is 8.60 Å². The van der Waals surface area contributed by atoms with Crippen molar-refractivity contribution in [2.24, 2.45) is 0 Å². The number of carbonyl (C=O) groups is 1. The van der Waals surface area contributed by atoms with Crippen LogP contribution < -0.4 is 9.46 Å². The van der Waals surface area contributed by atoms with E-state index in [-0.39, 0.29) is 11.3 Å². The number of carbonyl (C=O) groups excluding carboxylic acids is 1. The number of anilines is 1. The number of rotatable bonds is 6. The van der Waals surface area contributed by atoms with Gasteiger partial charge in [-0.1, -0.05) is 0 Å². The zero-order chi connectivity index (χ0) is 22.6. The van der Waals surface area contributed by atoms with Crippen LogP contribution in [0.3, 0.4) is 0 Å². The fourth-order valence-electron chi connectivity index (χ4n) is 3.11. The van der Waals surface area contributed by atoms with Gasteiger partial charge in [0.2, 0.25) is 0 Å². The number of nitrogens with zero attached hydrogens (tertiary/aromatic N) is 3. The van der Waals surface area contributed by atoms with E-state index in [0.29, 0.717) is 38.3 Å². The Morgan fingerprint density at radius 1 is 1.23 bits per heavy atom. The Balaban J connectivity index is 1.68. The topological polar surface area (TPSA) is 95.0 Å². The maximum Gasteiger partial charge on any atom is 0.573 e. The molecule has 3 rings (SSSR count).